The molecule has 0 saturated carbocycles. The van der Waals surface area contributed by atoms with Crippen molar-refractivity contribution in [2.45, 2.75) is 25.4 Å². The molecular formula is C14H21BrN2O. The van der Waals surface area contributed by atoms with Crippen LogP contribution in [-0.2, 0) is 6.54 Å². The van der Waals surface area contributed by atoms with Crippen molar-refractivity contribution in [1.29, 1.82) is 0 Å². The van der Waals surface area contributed by atoms with Crippen LogP contribution in [0.25, 0.3) is 0 Å². The fourth-order valence-corrected chi connectivity index (χ4v) is 3.15. The number of ether oxygens (including phenoxy) is 1. The zero-order chi connectivity index (χ0) is 13.0. The van der Waals surface area contributed by atoms with E-state index >= 15 is 0 Å². The summed E-state index contributed by atoms with van der Waals surface area (Å²) in [5, 5.41) is 3.38. The topological polar surface area (TPSA) is 24.5 Å². The van der Waals surface area contributed by atoms with Gasteiger partial charge in [-0.2, -0.15) is 0 Å². The van der Waals surface area contributed by atoms with E-state index < -0.39 is 0 Å². The van der Waals surface area contributed by atoms with Crippen LogP contribution in [0.15, 0.2) is 22.7 Å². The van der Waals surface area contributed by atoms with Crippen molar-refractivity contribution in [3.63, 3.8) is 0 Å². The molecule has 1 N–H and O–H groups in total. The van der Waals surface area contributed by atoms with E-state index in [0.29, 0.717) is 6.04 Å². The number of nitrogens with zero attached hydrogens (tertiary/aromatic N) is 1. The van der Waals surface area contributed by atoms with Crippen LogP contribution >= 0.6 is 15.9 Å². The number of para-hydroxylation sites is 1. The van der Waals surface area contributed by atoms with Gasteiger partial charge in [0.25, 0.3) is 0 Å². The Kier molecular flexibility index (Phi) is 5.03. The number of methoxy groups -OCH3 is 1. The van der Waals surface area contributed by atoms with Crippen molar-refractivity contribution < 1.29 is 4.74 Å². The van der Waals surface area contributed by atoms with Crippen molar-refractivity contribution in [3.8, 4) is 5.75 Å². The van der Waals surface area contributed by atoms with E-state index in [0.717, 1.165) is 23.3 Å². The molecule has 0 aliphatic carbocycles. The second-order valence-corrected chi connectivity index (χ2v) is 5.65. The smallest absolute Gasteiger partial charge is 0.137 e. The van der Waals surface area contributed by atoms with Crippen LogP contribution in [0.3, 0.4) is 0 Å². The van der Waals surface area contributed by atoms with Crippen LogP contribution in [0.1, 0.15) is 18.4 Å². The Labute approximate surface area is 118 Å². The third-order valence-electron chi connectivity index (χ3n) is 3.56. The summed E-state index contributed by atoms with van der Waals surface area (Å²) < 4.78 is 6.51. The first-order chi connectivity index (χ1) is 8.74. The predicted molar refractivity (Wildman–Crippen MR) is 78.1 cm³/mol. The molecule has 1 aliphatic rings. The van der Waals surface area contributed by atoms with Crippen LogP contribution in [0, 0.1) is 0 Å². The average Bonchev–Trinajstić information content (AvgIpc) is 2.39. The summed E-state index contributed by atoms with van der Waals surface area (Å²) in [5.74, 6) is 0.962. The van der Waals surface area contributed by atoms with Gasteiger partial charge in [0.2, 0.25) is 0 Å². The van der Waals surface area contributed by atoms with Gasteiger partial charge in [0.05, 0.1) is 11.6 Å². The predicted octanol–water partition coefficient (Wildman–Crippen LogP) is 2.64. The first-order valence-electron chi connectivity index (χ1n) is 6.45. The van der Waals surface area contributed by atoms with Gasteiger partial charge in [0, 0.05) is 24.7 Å². The molecule has 100 valence electrons. The second-order valence-electron chi connectivity index (χ2n) is 4.80. The van der Waals surface area contributed by atoms with Gasteiger partial charge in [-0.15, -0.1) is 0 Å². The maximum atomic E-state index is 5.48. The van der Waals surface area contributed by atoms with Crippen LogP contribution in [0.5, 0.6) is 5.75 Å². The van der Waals surface area contributed by atoms with E-state index in [4.69, 9.17) is 4.74 Å². The number of rotatable bonds is 4. The second kappa shape index (κ2) is 6.55. The number of likely N-dealkylation sites (N-methyl/N-ethyl adjacent to an activating group) is 1. The molecule has 0 aromatic heterocycles. The normalized spacial score (nSPS) is 20.9. The van der Waals surface area contributed by atoms with E-state index in [2.05, 4.69) is 38.3 Å². The third-order valence-corrected chi connectivity index (χ3v) is 4.18. The molecular weight excluding hydrogens is 292 g/mol. The molecule has 2 rings (SSSR count). The van der Waals surface area contributed by atoms with Crippen LogP contribution in [0.2, 0.25) is 0 Å². The molecule has 1 heterocycles. The van der Waals surface area contributed by atoms with Crippen LogP contribution in [0.4, 0.5) is 0 Å². The van der Waals surface area contributed by atoms with Crippen LogP contribution < -0.4 is 10.1 Å². The Morgan fingerprint density at radius 3 is 3.06 bits per heavy atom. The molecule has 1 aliphatic heterocycles. The highest BCUT2D eigenvalue weighted by atomic mass is 79.9. The van der Waals surface area contributed by atoms with Gasteiger partial charge in [-0.3, -0.25) is 4.90 Å². The van der Waals surface area contributed by atoms with Crippen LogP contribution in [-0.4, -0.2) is 38.2 Å². The van der Waals surface area contributed by atoms with E-state index in [9.17, 15) is 0 Å². The molecule has 4 heteroatoms. The Morgan fingerprint density at radius 1 is 1.50 bits per heavy atom. The molecule has 1 atom stereocenters. The molecule has 1 aromatic carbocycles. The molecule has 1 fully saturated rings. The standard InChI is InChI=1S/C14H21BrN2O/c1-16-12-6-4-8-17(10-12)9-11-5-3-7-13(15)14(11)18-2/h3,5,7,12,16H,4,6,8-10H2,1-2H3. The van der Waals surface area contributed by atoms with Crippen molar-refractivity contribution in [1.82, 2.24) is 10.2 Å². The number of benzene rings is 1. The number of hydrogen-bond donors (Lipinski definition) is 1. The molecule has 1 aromatic rings. The lowest BCUT2D eigenvalue weighted by molar-refractivity contribution is 0.186. The molecule has 0 spiro atoms. The van der Waals surface area contributed by atoms with Gasteiger partial charge in [0.1, 0.15) is 5.75 Å². The number of hydrogen-bond acceptors (Lipinski definition) is 3. The maximum Gasteiger partial charge on any atom is 0.137 e. The number of halogens is 1. The largest absolute Gasteiger partial charge is 0.495 e. The highest BCUT2D eigenvalue weighted by Gasteiger charge is 2.19. The van der Waals surface area contributed by atoms with E-state index in [1.54, 1.807) is 7.11 Å². The van der Waals surface area contributed by atoms with Gasteiger partial charge in [-0.1, -0.05) is 12.1 Å². The monoisotopic (exact) mass is 312 g/mol. The molecule has 1 unspecified atom stereocenters. The molecule has 0 radical (unpaired) electrons. The van der Waals surface area contributed by atoms with Crippen molar-refractivity contribution in [2.75, 3.05) is 27.2 Å². The summed E-state index contributed by atoms with van der Waals surface area (Å²) >= 11 is 3.54. The SMILES string of the molecule is CNC1CCCN(Cc2cccc(Br)c2OC)C1. The Bertz CT molecular complexity index is 397. The summed E-state index contributed by atoms with van der Waals surface area (Å²) in [5.41, 5.74) is 1.25. The summed E-state index contributed by atoms with van der Waals surface area (Å²) in [6.45, 7) is 3.25. The molecule has 18 heavy (non-hydrogen) atoms. The summed E-state index contributed by atoms with van der Waals surface area (Å²) in [6.07, 6.45) is 2.55. The zero-order valence-electron chi connectivity index (χ0n) is 11.1. The van der Waals surface area contributed by atoms with Crippen molar-refractivity contribution >= 4 is 15.9 Å². The fourth-order valence-electron chi connectivity index (χ4n) is 2.58. The van der Waals surface area contributed by atoms with E-state index in [1.165, 1.54) is 24.9 Å². The lowest BCUT2D eigenvalue weighted by atomic mass is 10.0. The average molecular weight is 313 g/mol. The van der Waals surface area contributed by atoms with Gasteiger partial charge >= 0.3 is 0 Å². The van der Waals surface area contributed by atoms with E-state index in [-0.39, 0.29) is 0 Å². The lowest BCUT2D eigenvalue weighted by Crippen LogP contribution is -2.43. The first-order valence-corrected chi connectivity index (χ1v) is 7.25. The van der Waals surface area contributed by atoms with Crippen molar-refractivity contribution in [2.24, 2.45) is 0 Å². The summed E-state index contributed by atoms with van der Waals surface area (Å²) in [7, 11) is 3.78. The fraction of sp³-hybridized carbons (Fsp3) is 0.571. The number of piperidine rings is 1. The molecule has 1 saturated heterocycles. The molecule has 3 nitrogen and oxygen atoms in total. The van der Waals surface area contributed by atoms with Gasteiger partial charge in [-0.05, 0) is 48.4 Å². The highest BCUT2D eigenvalue weighted by molar-refractivity contribution is 9.10. The molecule has 0 amide bonds. The van der Waals surface area contributed by atoms with Crippen molar-refractivity contribution in [3.05, 3.63) is 28.2 Å². The minimum Gasteiger partial charge on any atom is -0.495 e. The minimum absolute atomic E-state index is 0.622. The van der Waals surface area contributed by atoms with Gasteiger partial charge in [-0.25, -0.2) is 0 Å². The lowest BCUT2D eigenvalue weighted by Gasteiger charge is -2.32. The van der Waals surface area contributed by atoms with Gasteiger partial charge in [0.15, 0.2) is 0 Å². The summed E-state index contributed by atoms with van der Waals surface area (Å²) in [4.78, 5) is 2.50. The Morgan fingerprint density at radius 2 is 2.33 bits per heavy atom. The first kappa shape index (κ1) is 13.8. The zero-order valence-corrected chi connectivity index (χ0v) is 12.7. The quantitative estimate of drug-likeness (QED) is 0.925. The minimum atomic E-state index is 0.622. The summed E-state index contributed by atoms with van der Waals surface area (Å²) in [6, 6.07) is 6.86. The molecule has 0 bridgehead atoms. The van der Waals surface area contributed by atoms with E-state index in [1.807, 2.05) is 13.1 Å². The van der Waals surface area contributed by atoms with Gasteiger partial charge < -0.3 is 10.1 Å². The Balaban J connectivity index is 2.07. The number of likely N-dealkylation sites (tertiary alicyclic amines) is 1. The maximum absolute atomic E-state index is 5.48. The third kappa shape index (κ3) is 3.25. The Hall–Kier alpha value is -0.580. The highest BCUT2D eigenvalue weighted by Crippen LogP contribution is 2.30. The number of nitrogens with one attached hydrogen (secondary N) is 1.